The molecule has 0 aliphatic heterocycles. The lowest BCUT2D eigenvalue weighted by Gasteiger charge is -2.08. The first-order chi connectivity index (χ1) is 11.0. The number of carbonyl (C=O) groups excluding carboxylic acids is 3. The number of hydrogen-bond donors (Lipinski definition) is 2. The van der Waals surface area contributed by atoms with Crippen LogP contribution in [0.1, 0.15) is 25.3 Å². The Morgan fingerprint density at radius 1 is 1.22 bits per heavy atom. The number of ether oxygens (including phenoxy) is 2. The summed E-state index contributed by atoms with van der Waals surface area (Å²) in [5, 5.41) is 4.54. The van der Waals surface area contributed by atoms with Gasteiger partial charge < -0.3 is 14.8 Å². The highest BCUT2D eigenvalue weighted by atomic mass is 16.5. The van der Waals surface area contributed by atoms with Crippen LogP contribution < -0.4 is 15.4 Å². The molecule has 0 heterocycles. The maximum Gasteiger partial charge on any atom is 0.321 e. The Morgan fingerprint density at radius 2 is 2.00 bits per heavy atom. The highest BCUT2D eigenvalue weighted by molar-refractivity contribution is 5.95. The summed E-state index contributed by atoms with van der Waals surface area (Å²) < 4.78 is 10.2. The van der Waals surface area contributed by atoms with Crippen molar-refractivity contribution in [2.24, 2.45) is 0 Å². The van der Waals surface area contributed by atoms with E-state index >= 15 is 0 Å². The van der Waals surface area contributed by atoms with Crippen LogP contribution in [-0.4, -0.2) is 37.7 Å². The van der Waals surface area contributed by atoms with Crippen LogP contribution in [0.25, 0.3) is 0 Å². The van der Waals surface area contributed by atoms with Gasteiger partial charge in [0.15, 0.2) is 6.61 Å². The molecule has 0 atom stereocenters. The molecule has 7 nitrogen and oxygen atoms in total. The molecule has 0 aliphatic rings. The molecule has 1 rings (SSSR count). The molecule has 3 amide bonds. The number of nitrogens with one attached hydrogen (secondary N) is 2. The van der Waals surface area contributed by atoms with Crippen LogP contribution in [0, 0.1) is 6.92 Å². The second-order valence-corrected chi connectivity index (χ2v) is 4.88. The van der Waals surface area contributed by atoms with Crippen molar-refractivity contribution in [2.45, 2.75) is 26.7 Å². The fourth-order valence-electron chi connectivity index (χ4n) is 1.62. The van der Waals surface area contributed by atoms with Gasteiger partial charge >= 0.3 is 12.0 Å². The fraction of sp³-hybridized carbons (Fsp3) is 0.438. The Balaban J connectivity index is 2.16. The van der Waals surface area contributed by atoms with Gasteiger partial charge in [-0.1, -0.05) is 19.1 Å². The van der Waals surface area contributed by atoms with Crippen molar-refractivity contribution in [3.8, 4) is 5.75 Å². The minimum absolute atomic E-state index is 0.0171. The number of amides is 3. The maximum atomic E-state index is 11.5. The molecule has 1 aromatic carbocycles. The predicted molar refractivity (Wildman–Crippen MR) is 84.1 cm³/mol. The van der Waals surface area contributed by atoms with Crippen molar-refractivity contribution in [1.29, 1.82) is 0 Å². The summed E-state index contributed by atoms with van der Waals surface area (Å²) in [5.74, 6) is -0.573. The lowest BCUT2D eigenvalue weighted by molar-refractivity contribution is -0.148. The first kappa shape index (κ1) is 18.5. The molecule has 7 heteroatoms. The topological polar surface area (TPSA) is 93.7 Å². The number of rotatable bonds is 8. The average molecular weight is 322 g/mol. The first-order valence-corrected chi connectivity index (χ1v) is 7.44. The molecule has 0 aliphatic carbocycles. The molecule has 23 heavy (non-hydrogen) atoms. The van der Waals surface area contributed by atoms with Gasteiger partial charge in [-0.2, -0.15) is 0 Å². The van der Waals surface area contributed by atoms with Crippen LogP contribution >= 0.6 is 0 Å². The quantitative estimate of drug-likeness (QED) is 0.708. The lowest BCUT2D eigenvalue weighted by atomic mass is 10.2. The Bertz CT molecular complexity index is 545. The van der Waals surface area contributed by atoms with E-state index in [9.17, 15) is 14.4 Å². The van der Waals surface area contributed by atoms with Gasteiger partial charge in [-0.25, -0.2) is 4.79 Å². The molecule has 0 unspecified atom stereocenters. The van der Waals surface area contributed by atoms with Gasteiger partial charge in [0.25, 0.3) is 5.91 Å². The first-order valence-electron chi connectivity index (χ1n) is 7.44. The predicted octanol–water partition coefficient (Wildman–Crippen LogP) is 1.54. The van der Waals surface area contributed by atoms with E-state index in [1.807, 2.05) is 32.0 Å². The minimum Gasteiger partial charge on any atom is -0.493 e. The zero-order valence-electron chi connectivity index (χ0n) is 13.4. The standard InChI is InChI=1S/C16H22N2O5/c1-3-8-17-16(21)18-14(19)11-23-15(20)7-9-22-13-6-4-5-12(2)10-13/h4-6,10H,3,7-9,11H2,1-2H3,(H2,17,18,19,21). The minimum atomic E-state index is -0.674. The highest BCUT2D eigenvalue weighted by Crippen LogP contribution is 2.12. The normalized spacial score (nSPS) is 9.83. The number of urea groups is 1. The van der Waals surface area contributed by atoms with E-state index in [0.29, 0.717) is 12.3 Å². The molecule has 0 radical (unpaired) electrons. The molecule has 1 aromatic rings. The van der Waals surface area contributed by atoms with Gasteiger partial charge in [0.2, 0.25) is 0 Å². The average Bonchev–Trinajstić information content (AvgIpc) is 2.51. The molecule has 0 saturated carbocycles. The highest BCUT2D eigenvalue weighted by Gasteiger charge is 2.10. The second kappa shape index (κ2) is 10.2. The molecule has 0 aromatic heterocycles. The van der Waals surface area contributed by atoms with Gasteiger partial charge in [-0.15, -0.1) is 0 Å². The van der Waals surface area contributed by atoms with Crippen LogP contribution in [0.3, 0.4) is 0 Å². The van der Waals surface area contributed by atoms with E-state index < -0.39 is 24.5 Å². The molecule has 126 valence electrons. The number of imide groups is 1. The third-order valence-corrected chi connectivity index (χ3v) is 2.72. The van der Waals surface area contributed by atoms with Gasteiger partial charge in [0.1, 0.15) is 5.75 Å². The molecule has 0 bridgehead atoms. The Morgan fingerprint density at radius 3 is 2.70 bits per heavy atom. The largest absolute Gasteiger partial charge is 0.493 e. The Hall–Kier alpha value is -2.57. The van der Waals surface area contributed by atoms with Crippen molar-refractivity contribution >= 4 is 17.9 Å². The van der Waals surface area contributed by atoms with Gasteiger partial charge in [-0.3, -0.25) is 14.9 Å². The summed E-state index contributed by atoms with van der Waals surface area (Å²) in [6.45, 7) is 3.96. The number of esters is 1. The second-order valence-electron chi connectivity index (χ2n) is 4.88. The number of aryl methyl sites for hydroxylation is 1. The van der Waals surface area contributed by atoms with E-state index in [1.54, 1.807) is 6.07 Å². The molecular formula is C16H22N2O5. The van der Waals surface area contributed by atoms with Crippen LogP contribution in [0.5, 0.6) is 5.75 Å². The van der Waals surface area contributed by atoms with Crippen LogP contribution in [0.4, 0.5) is 4.79 Å². The van der Waals surface area contributed by atoms with E-state index in [2.05, 4.69) is 10.6 Å². The van der Waals surface area contributed by atoms with Gasteiger partial charge in [0, 0.05) is 6.54 Å². The molecule has 0 fully saturated rings. The van der Waals surface area contributed by atoms with E-state index in [1.165, 1.54) is 0 Å². The molecular weight excluding hydrogens is 300 g/mol. The zero-order chi connectivity index (χ0) is 17.1. The van der Waals surface area contributed by atoms with Crippen LogP contribution in [0.15, 0.2) is 24.3 Å². The summed E-state index contributed by atoms with van der Waals surface area (Å²) in [5.41, 5.74) is 1.06. The smallest absolute Gasteiger partial charge is 0.321 e. The van der Waals surface area contributed by atoms with E-state index in [-0.39, 0.29) is 13.0 Å². The summed E-state index contributed by atoms with van der Waals surface area (Å²) >= 11 is 0. The summed E-state index contributed by atoms with van der Waals surface area (Å²) in [4.78, 5) is 34.1. The van der Waals surface area contributed by atoms with E-state index in [0.717, 1.165) is 12.0 Å². The summed E-state index contributed by atoms with van der Waals surface area (Å²) in [7, 11) is 0. The fourth-order valence-corrected chi connectivity index (χ4v) is 1.62. The zero-order valence-corrected chi connectivity index (χ0v) is 13.4. The monoisotopic (exact) mass is 322 g/mol. The summed E-state index contributed by atoms with van der Waals surface area (Å²) in [6, 6.07) is 6.84. The van der Waals surface area contributed by atoms with Crippen molar-refractivity contribution in [2.75, 3.05) is 19.8 Å². The van der Waals surface area contributed by atoms with Gasteiger partial charge in [-0.05, 0) is 31.0 Å². The Kier molecular flexibility index (Phi) is 8.20. The van der Waals surface area contributed by atoms with Crippen LogP contribution in [0.2, 0.25) is 0 Å². The number of hydrogen-bond acceptors (Lipinski definition) is 5. The third-order valence-electron chi connectivity index (χ3n) is 2.72. The SMILES string of the molecule is CCCNC(=O)NC(=O)COC(=O)CCOc1cccc(C)c1. The van der Waals surface area contributed by atoms with Crippen molar-refractivity contribution < 1.29 is 23.9 Å². The summed E-state index contributed by atoms with van der Waals surface area (Å²) in [6.07, 6.45) is 0.779. The van der Waals surface area contributed by atoms with Crippen molar-refractivity contribution in [1.82, 2.24) is 10.6 Å². The van der Waals surface area contributed by atoms with Gasteiger partial charge in [0.05, 0.1) is 13.0 Å². The Labute approximate surface area is 135 Å². The lowest BCUT2D eigenvalue weighted by Crippen LogP contribution is -2.41. The number of benzene rings is 1. The van der Waals surface area contributed by atoms with E-state index in [4.69, 9.17) is 9.47 Å². The number of carbonyl (C=O) groups is 3. The van der Waals surface area contributed by atoms with Crippen LogP contribution in [-0.2, 0) is 14.3 Å². The van der Waals surface area contributed by atoms with Crippen molar-refractivity contribution in [3.05, 3.63) is 29.8 Å². The molecule has 0 saturated heterocycles. The third kappa shape index (κ3) is 8.45. The molecule has 0 spiro atoms. The van der Waals surface area contributed by atoms with Crippen molar-refractivity contribution in [3.63, 3.8) is 0 Å². The molecule has 2 N–H and O–H groups in total. The maximum absolute atomic E-state index is 11.5.